The molecule has 1 N–H and O–H groups in total. The summed E-state index contributed by atoms with van der Waals surface area (Å²) < 4.78 is 25.2. The minimum Gasteiger partial charge on any atom is -0.454 e. The summed E-state index contributed by atoms with van der Waals surface area (Å²) in [4.78, 5) is 16.6. The zero-order valence-corrected chi connectivity index (χ0v) is 17.4. The molecule has 2 aromatic rings. The average molecular weight is 413 g/mol. The molecule has 160 valence electrons. The van der Waals surface area contributed by atoms with E-state index < -0.39 is 0 Å². The number of nitrogens with one attached hydrogen (secondary N) is 1. The number of fused-ring (bicyclic) bond motifs is 1. The van der Waals surface area contributed by atoms with Crippen molar-refractivity contribution in [2.75, 3.05) is 44.4 Å². The number of amides is 1. The van der Waals surface area contributed by atoms with Crippen LogP contribution in [0.5, 0.6) is 11.5 Å². The summed E-state index contributed by atoms with van der Waals surface area (Å²) in [6.07, 6.45) is 0. The fourth-order valence-electron chi connectivity index (χ4n) is 3.96. The number of carbonyl (C=O) groups excluding carboxylic acids is 1. The first kappa shape index (κ1) is 20.5. The smallest absolute Gasteiger partial charge is 0.231 e. The molecule has 0 spiro atoms. The van der Waals surface area contributed by atoms with E-state index in [1.54, 1.807) is 6.07 Å². The molecule has 6 nitrogen and oxygen atoms in total. The van der Waals surface area contributed by atoms with Crippen LogP contribution in [-0.2, 0) is 4.79 Å². The highest BCUT2D eigenvalue weighted by atomic mass is 19.1. The molecule has 2 aliphatic rings. The van der Waals surface area contributed by atoms with Crippen LogP contribution in [0.3, 0.4) is 0 Å². The molecule has 2 aromatic carbocycles. The van der Waals surface area contributed by atoms with Crippen LogP contribution in [0.25, 0.3) is 0 Å². The molecule has 2 aliphatic heterocycles. The van der Waals surface area contributed by atoms with Gasteiger partial charge in [0.1, 0.15) is 5.82 Å². The van der Waals surface area contributed by atoms with Gasteiger partial charge in [0.05, 0.1) is 11.7 Å². The minimum absolute atomic E-state index is 0.00460. The van der Waals surface area contributed by atoms with Crippen molar-refractivity contribution in [3.05, 3.63) is 53.8 Å². The van der Waals surface area contributed by atoms with Crippen LogP contribution in [0.15, 0.2) is 42.5 Å². The molecule has 2 heterocycles. The van der Waals surface area contributed by atoms with Crippen LogP contribution in [0.2, 0.25) is 0 Å². The van der Waals surface area contributed by atoms with Crippen LogP contribution in [0, 0.1) is 11.7 Å². The van der Waals surface area contributed by atoms with Crippen LogP contribution in [0.1, 0.15) is 25.5 Å². The first-order valence-electron chi connectivity index (χ1n) is 10.4. The van der Waals surface area contributed by atoms with Crippen molar-refractivity contribution < 1.29 is 18.7 Å². The van der Waals surface area contributed by atoms with Gasteiger partial charge in [0.2, 0.25) is 12.7 Å². The third-order valence-electron chi connectivity index (χ3n) is 5.72. The molecule has 0 radical (unpaired) electrons. The Morgan fingerprint density at radius 3 is 2.53 bits per heavy atom. The first-order valence-corrected chi connectivity index (χ1v) is 10.4. The number of carbonyl (C=O) groups is 1. The van der Waals surface area contributed by atoms with Gasteiger partial charge in [-0.3, -0.25) is 9.69 Å². The zero-order valence-electron chi connectivity index (χ0n) is 17.4. The standard InChI is InChI=1S/C23H28FN3O3/c1-16(2)23(28)25-14-20(17-7-8-21-22(13-17)30-15-29-21)27-11-9-26(10-12-27)19-6-4-3-5-18(19)24/h3-8,13,16,20H,9-12,14-15H2,1-2H3,(H,25,28)/t20-/m0/s1. The van der Waals surface area contributed by atoms with E-state index in [9.17, 15) is 9.18 Å². The van der Waals surface area contributed by atoms with Gasteiger partial charge in [-0.25, -0.2) is 4.39 Å². The van der Waals surface area contributed by atoms with E-state index in [1.165, 1.54) is 6.07 Å². The number of halogens is 1. The molecule has 1 amide bonds. The first-order chi connectivity index (χ1) is 14.5. The number of hydrogen-bond donors (Lipinski definition) is 1. The Kier molecular flexibility index (Phi) is 6.08. The number of hydrogen-bond acceptors (Lipinski definition) is 5. The summed E-state index contributed by atoms with van der Waals surface area (Å²) in [5.41, 5.74) is 1.72. The average Bonchev–Trinajstić information content (AvgIpc) is 3.22. The number of piperazine rings is 1. The summed E-state index contributed by atoms with van der Waals surface area (Å²) in [6, 6.07) is 12.8. The van der Waals surface area contributed by atoms with Gasteiger partial charge < -0.3 is 19.7 Å². The van der Waals surface area contributed by atoms with Crippen molar-refractivity contribution in [3.8, 4) is 11.5 Å². The molecule has 0 bridgehead atoms. The van der Waals surface area contributed by atoms with Crippen molar-refractivity contribution in [1.29, 1.82) is 0 Å². The molecule has 0 aromatic heterocycles. The summed E-state index contributed by atoms with van der Waals surface area (Å²) in [7, 11) is 0. The fourth-order valence-corrected chi connectivity index (χ4v) is 3.96. The predicted molar refractivity (Wildman–Crippen MR) is 113 cm³/mol. The lowest BCUT2D eigenvalue weighted by molar-refractivity contribution is -0.124. The predicted octanol–water partition coefficient (Wildman–Crippen LogP) is 3.19. The number of ether oxygens (including phenoxy) is 2. The number of rotatable bonds is 6. The second-order valence-electron chi connectivity index (χ2n) is 8.00. The van der Waals surface area contributed by atoms with Gasteiger partial charge >= 0.3 is 0 Å². The lowest BCUT2D eigenvalue weighted by atomic mass is 10.0. The highest BCUT2D eigenvalue weighted by molar-refractivity contribution is 5.77. The Hall–Kier alpha value is -2.80. The topological polar surface area (TPSA) is 54.0 Å². The molecule has 30 heavy (non-hydrogen) atoms. The quantitative estimate of drug-likeness (QED) is 0.788. The molecule has 1 atom stereocenters. The summed E-state index contributed by atoms with van der Waals surface area (Å²) >= 11 is 0. The SMILES string of the molecule is CC(C)C(=O)NC[C@@H](c1ccc2c(c1)OCO2)N1CCN(c2ccccc2F)CC1. The van der Waals surface area contributed by atoms with Crippen molar-refractivity contribution in [1.82, 2.24) is 10.2 Å². The van der Waals surface area contributed by atoms with E-state index in [1.807, 2.05) is 44.2 Å². The third kappa shape index (κ3) is 4.36. The number of benzene rings is 2. The van der Waals surface area contributed by atoms with Crippen LogP contribution >= 0.6 is 0 Å². The fraction of sp³-hybridized carbons (Fsp3) is 0.435. The molecule has 1 fully saturated rings. The molecular formula is C23H28FN3O3. The van der Waals surface area contributed by atoms with E-state index in [2.05, 4.69) is 15.1 Å². The number of nitrogens with zero attached hydrogens (tertiary/aromatic N) is 2. The summed E-state index contributed by atoms with van der Waals surface area (Å²) in [5, 5.41) is 3.07. The maximum Gasteiger partial charge on any atom is 0.231 e. The Morgan fingerprint density at radius 2 is 1.80 bits per heavy atom. The van der Waals surface area contributed by atoms with Gasteiger partial charge in [0.15, 0.2) is 11.5 Å². The highest BCUT2D eigenvalue weighted by Gasteiger charge is 2.28. The molecule has 0 unspecified atom stereocenters. The van der Waals surface area contributed by atoms with Gasteiger partial charge in [0, 0.05) is 38.6 Å². The Morgan fingerprint density at radius 1 is 1.07 bits per heavy atom. The molecular weight excluding hydrogens is 385 g/mol. The molecule has 0 aliphatic carbocycles. The van der Waals surface area contributed by atoms with E-state index in [0.717, 1.165) is 43.2 Å². The number of para-hydroxylation sites is 1. The lowest BCUT2D eigenvalue weighted by Gasteiger charge is -2.40. The molecule has 1 saturated heterocycles. The molecule has 7 heteroatoms. The highest BCUT2D eigenvalue weighted by Crippen LogP contribution is 2.36. The van der Waals surface area contributed by atoms with Crippen molar-refractivity contribution >= 4 is 11.6 Å². The Labute approximate surface area is 176 Å². The summed E-state index contributed by atoms with van der Waals surface area (Å²) in [5.74, 6) is 1.25. The van der Waals surface area contributed by atoms with Gasteiger partial charge in [-0.1, -0.05) is 32.0 Å². The van der Waals surface area contributed by atoms with E-state index in [-0.39, 0.29) is 30.5 Å². The van der Waals surface area contributed by atoms with Crippen LogP contribution in [-0.4, -0.2) is 50.3 Å². The lowest BCUT2D eigenvalue weighted by Crippen LogP contribution is -2.50. The molecule has 0 saturated carbocycles. The maximum atomic E-state index is 14.2. The third-order valence-corrected chi connectivity index (χ3v) is 5.72. The van der Waals surface area contributed by atoms with Crippen LogP contribution < -0.4 is 19.7 Å². The van der Waals surface area contributed by atoms with Crippen molar-refractivity contribution in [2.24, 2.45) is 5.92 Å². The largest absolute Gasteiger partial charge is 0.454 e. The van der Waals surface area contributed by atoms with E-state index >= 15 is 0 Å². The summed E-state index contributed by atoms with van der Waals surface area (Å²) in [6.45, 7) is 7.50. The van der Waals surface area contributed by atoms with Crippen LogP contribution in [0.4, 0.5) is 10.1 Å². The Balaban J connectivity index is 1.50. The minimum atomic E-state index is -0.192. The van der Waals surface area contributed by atoms with Gasteiger partial charge in [-0.05, 0) is 29.8 Å². The maximum absolute atomic E-state index is 14.2. The van der Waals surface area contributed by atoms with Gasteiger partial charge in [0.25, 0.3) is 0 Å². The number of anilines is 1. The van der Waals surface area contributed by atoms with E-state index in [4.69, 9.17) is 9.47 Å². The zero-order chi connectivity index (χ0) is 21.1. The normalized spacial score (nSPS) is 17.3. The van der Waals surface area contributed by atoms with E-state index in [0.29, 0.717) is 12.2 Å². The van der Waals surface area contributed by atoms with Crippen molar-refractivity contribution in [3.63, 3.8) is 0 Å². The molecule has 4 rings (SSSR count). The second kappa shape index (κ2) is 8.92. The second-order valence-corrected chi connectivity index (χ2v) is 8.00. The monoisotopic (exact) mass is 413 g/mol. The van der Waals surface area contributed by atoms with Gasteiger partial charge in [-0.2, -0.15) is 0 Å². The Bertz CT molecular complexity index is 897. The van der Waals surface area contributed by atoms with Crippen molar-refractivity contribution in [2.45, 2.75) is 19.9 Å². The van der Waals surface area contributed by atoms with Gasteiger partial charge in [-0.15, -0.1) is 0 Å².